The largest absolute Gasteiger partial charge is 0.444 e. The molecule has 0 radical (unpaired) electrons. The zero-order chi connectivity index (χ0) is 60.2. The van der Waals surface area contributed by atoms with Gasteiger partial charge in [-0.15, -0.1) is 11.6 Å². The van der Waals surface area contributed by atoms with Crippen LogP contribution in [0.15, 0.2) is 152 Å². The van der Waals surface area contributed by atoms with Gasteiger partial charge in [0.2, 0.25) is 0 Å². The molecule has 0 saturated carbocycles. The van der Waals surface area contributed by atoms with Crippen LogP contribution in [0.1, 0.15) is 172 Å². The first kappa shape index (κ1) is 62.6. The average molecular weight is 1190 g/mol. The fourth-order valence-corrected chi connectivity index (χ4v) is 14.6. The molecule has 3 fully saturated rings. The number of pyridine rings is 3. The smallest absolute Gasteiger partial charge is 0.410 e. The third kappa shape index (κ3) is 15.4. The van der Waals surface area contributed by atoms with Gasteiger partial charge in [0.15, 0.2) is 0 Å². The van der Waals surface area contributed by atoms with Gasteiger partial charge in [-0.1, -0.05) is 66.7 Å². The average Bonchev–Trinajstić information content (AvgIpc) is 2.21. The fraction of sp³-hybridized carbons (Fsp3) is 0.452. The minimum atomic E-state index is -0.423. The van der Waals surface area contributed by atoms with Crippen molar-refractivity contribution >= 4 is 17.7 Å². The molecule has 1 N–H and O–H groups in total. The van der Waals surface area contributed by atoms with E-state index in [1.807, 2.05) is 74.6 Å². The summed E-state index contributed by atoms with van der Waals surface area (Å²) in [4.78, 5) is 30.6. The summed E-state index contributed by atoms with van der Waals surface area (Å²) < 4.78 is 58.4. The summed E-state index contributed by atoms with van der Waals surface area (Å²) in [6.45, 7) is 12.9. The number of fused-ring (bicyclic) bond motifs is 6. The Kier molecular flexibility index (Phi) is 20.8. The van der Waals surface area contributed by atoms with E-state index in [1.165, 1.54) is 140 Å². The number of nitrogens with zero attached hydrogens (tertiary/aromatic N) is 5. The maximum atomic E-state index is 13.5. The van der Waals surface area contributed by atoms with E-state index in [-0.39, 0.29) is 52.0 Å². The standard InChI is InChI=1S/C28H30F2N2.C17H24N2O2.C16H15ClF2.C12H16N2/c29-24-9-5-21(6-10-24)26(22-7-11-25(30)12-8-22)4-2-18-32-19-15-28(16-20-32)14-13-23-3-1-17-31-27(23)28;1-16(2,3)21-15(20)19-11-8-17(9-12-19)7-6-13-5-4-10-18-14(13)17;17-11-1-2-16(12-3-7-14(18)8-4-12)13-5-9-15(19)10-6-13;1-2-10-3-4-12(11(10)14-7-1)5-8-13-9-6-12/h1,3,5-12,17,26H,2,4,13-16,18-20H2;4-5,10H,6-9,11-12H2,1-3H3;3-10,16H,1-2,11H2;1-2,7,13H,3-6,8-9H2. The molecule has 13 heteroatoms. The van der Waals surface area contributed by atoms with Crippen LogP contribution in [0.3, 0.4) is 0 Å². The van der Waals surface area contributed by atoms with Gasteiger partial charge in [0, 0.05) is 82.7 Å². The Morgan fingerprint density at radius 1 is 0.512 bits per heavy atom. The third-order valence-corrected chi connectivity index (χ3v) is 19.5. The number of halogens is 5. The quantitative estimate of drug-likeness (QED) is 0.102. The summed E-state index contributed by atoms with van der Waals surface area (Å²) >= 11 is 5.75. The number of hydrogen-bond donors (Lipinski definition) is 1. The molecule has 454 valence electrons. The third-order valence-electron chi connectivity index (χ3n) is 19.2. The molecule has 3 saturated heterocycles. The second kappa shape index (κ2) is 28.6. The number of aryl methyl sites for hydroxylation is 3. The molecular formula is C73H85ClF4N6O2. The zero-order valence-corrected chi connectivity index (χ0v) is 51.3. The molecule has 6 aliphatic rings. The molecule has 3 aliphatic carbocycles. The van der Waals surface area contributed by atoms with Crippen molar-refractivity contribution in [1.29, 1.82) is 0 Å². The Bertz CT molecular complexity index is 3180. The Hall–Kier alpha value is -6.47. The molecule has 3 aliphatic heterocycles. The van der Waals surface area contributed by atoms with Crippen molar-refractivity contribution in [3.05, 3.63) is 231 Å². The minimum Gasteiger partial charge on any atom is -0.444 e. The first-order valence-electron chi connectivity index (χ1n) is 31.5. The van der Waals surface area contributed by atoms with E-state index in [0.717, 1.165) is 113 Å². The molecule has 1 amide bonds. The van der Waals surface area contributed by atoms with Gasteiger partial charge in [-0.05, 0) is 262 Å². The normalized spacial score (nSPS) is 17.9. The van der Waals surface area contributed by atoms with Crippen molar-refractivity contribution < 1.29 is 27.1 Å². The minimum absolute atomic E-state index is 0.125. The topological polar surface area (TPSA) is 83.5 Å². The second-order valence-corrected chi connectivity index (χ2v) is 26.1. The highest BCUT2D eigenvalue weighted by molar-refractivity contribution is 6.17. The highest BCUT2D eigenvalue weighted by atomic mass is 35.5. The lowest BCUT2D eigenvalue weighted by Gasteiger charge is -2.39. The number of carbonyl (C=O) groups is 1. The van der Waals surface area contributed by atoms with E-state index >= 15 is 0 Å². The Balaban J connectivity index is 0.000000133. The molecular weight excluding hydrogens is 1100 g/mol. The molecule has 8 nitrogen and oxygen atoms in total. The predicted molar refractivity (Wildman–Crippen MR) is 336 cm³/mol. The van der Waals surface area contributed by atoms with Crippen LogP contribution in [0, 0.1) is 23.3 Å². The van der Waals surface area contributed by atoms with Crippen LogP contribution in [0.25, 0.3) is 0 Å². The van der Waals surface area contributed by atoms with E-state index in [9.17, 15) is 22.4 Å². The highest BCUT2D eigenvalue weighted by Gasteiger charge is 2.45. The monoisotopic (exact) mass is 1190 g/mol. The molecule has 7 aromatic rings. The van der Waals surface area contributed by atoms with E-state index in [1.54, 1.807) is 24.3 Å². The van der Waals surface area contributed by atoms with Gasteiger partial charge in [-0.3, -0.25) is 15.0 Å². The van der Waals surface area contributed by atoms with Gasteiger partial charge < -0.3 is 19.9 Å². The van der Waals surface area contributed by atoms with Crippen molar-refractivity contribution in [2.75, 3.05) is 51.7 Å². The number of piperidine rings is 3. The molecule has 13 rings (SSSR count). The number of benzene rings is 4. The molecule has 3 spiro atoms. The predicted octanol–water partition coefficient (Wildman–Crippen LogP) is 16.3. The Morgan fingerprint density at radius 2 is 0.860 bits per heavy atom. The first-order chi connectivity index (χ1) is 41.6. The Labute approximate surface area is 512 Å². The number of carbonyl (C=O) groups excluding carboxylic acids is 1. The van der Waals surface area contributed by atoms with Gasteiger partial charge in [-0.2, -0.15) is 0 Å². The summed E-state index contributed by atoms with van der Waals surface area (Å²) in [6, 6.07) is 39.2. The van der Waals surface area contributed by atoms with Crippen molar-refractivity contribution in [1.82, 2.24) is 30.1 Å². The number of ether oxygens (including phenoxy) is 1. The SMILES string of the molecule is CC(C)(C)OC(=O)N1CCC2(CCc3cccnc32)CC1.Fc1ccc(C(CCCCl)c2ccc(F)cc2)cc1.Fc1ccc(C(CCCN2CCC3(CCc4cccnc43)CC2)c2ccc(F)cc2)cc1.c1cnc2c(c1)CCC21CCNCC1. The van der Waals surface area contributed by atoms with Crippen LogP contribution in [0.4, 0.5) is 22.4 Å². The van der Waals surface area contributed by atoms with Crippen molar-refractivity contribution in [2.45, 2.75) is 157 Å². The van der Waals surface area contributed by atoms with Crippen LogP contribution in [-0.4, -0.2) is 88.1 Å². The number of amides is 1. The Morgan fingerprint density at radius 3 is 1.22 bits per heavy atom. The van der Waals surface area contributed by atoms with Crippen LogP contribution in [-0.2, 0) is 40.2 Å². The second-order valence-electron chi connectivity index (χ2n) is 25.7. The van der Waals surface area contributed by atoms with Gasteiger partial charge in [-0.25, -0.2) is 22.4 Å². The molecule has 86 heavy (non-hydrogen) atoms. The van der Waals surface area contributed by atoms with Gasteiger partial charge >= 0.3 is 6.09 Å². The van der Waals surface area contributed by atoms with Gasteiger partial charge in [0.25, 0.3) is 0 Å². The van der Waals surface area contributed by atoms with Crippen LogP contribution < -0.4 is 5.32 Å². The lowest BCUT2D eigenvalue weighted by atomic mass is 9.76. The summed E-state index contributed by atoms with van der Waals surface area (Å²) in [7, 11) is 0. The number of alkyl halides is 1. The molecule has 0 bridgehead atoms. The van der Waals surface area contributed by atoms with Crippen LogP contribution in [0.5, 0.6) is 0 Å². The van der Waals surface area contributed by atoms with Gasteiger partial charge in [0.1, 0.15) is 28.9 Å². The fourth-order valence-electron chi connectivity index (χ4n) is 14.5. The van der Waals surface area contributed by atoms with Crippen LogP contribution >= 0.6 is 11.6 Å². The van der Waals surface area contributed by atoms with Crippen molar-refractivity contribution in [2.24, 2.45) is 0 Å². The summed E-state index contributed by atoms with van der Waals surface area (Å²) in [5.74, 6) is -0.0939. The number of hydrogen-bond acceptors (Lipinski definition) is 7. The summed E-state index contributed by atoms with van der Waals surface area (Å²) in [5.41, 5.74) is 13.1. The maximum Gasteiger partial charge on any atom is 0.410 e. The highest BCUT2D eigenvalue weighted by Crippen LogP contribution is 2.47. The molecule has 0 unspecified atom stereocenters. The number of rotatable bonds is 11. The van der Waals surface area contributed by atoms with E-state index in [0.29, 0.717) is 11.3 Å². The molecule has 4 aromatic carbocycles. The van der Waals surface area contributed by atoms with E-state index < -0.39 is 5.60 Å². The van der Waals surface area contributed by atoms with Crippen molar-refractivity contribution in [3.63, 3.8) is 0 Å². The van der Waals surface area contributed by atoms with Crippen LogP contribution in [0.2, 0.25) is 0 Å². The van der Waals surface area contributed by atoms with E-state index in [2.05, 4.69) is 50.5 Å². The zero-order valence-electron chi connectivity index (χ0n) is 50.5. The lowest BCUT2D eigenvalue weighted by molar-refractivity contribution is 0.0162. The summed E-state index contributed by atoms with van der Waals surface area (Å²) in [5, 5.41) is 3.44. The number of aromatic nitrogens is 3. The van der Waals surface area contributed by atoms with Crippen molar-refractivity contribution in [3.8, 4) is 0 Å². The number of likely N-dealkylation sites (tertiary alicyclic amines) is 2. The lowest BCUT2D eigenvalue weighted by Crippen LogP contribution is -2.46. The molecule has 0 atom stereocenters. The molecule has 6 heterocycles. The van der Waals surface area contributed by atoms with Gasteiger partial charge in [0.05, 0.1) is 0 Å². The molecule has 3 aromatic heterocycles. The summed E-state index contributed by atoms with van der Waals surface area (Å²) in [6.07, 6.45) is 23.5. The maximum absolute atomic E-state index is 13.5. The number of nitrogens with one attached hydrogen (secondary N) is 1. The first-order valence-corrected chi connectivity index (χ1v) is 32.0. The van der Waals surface area contributed by atoms with E-state index in [4.69, 9.17) is 21.3 Å².